The van der Waals surface area contributed by atoms with Gasteiger partial charge in [0.25, 0.3) is 0 Å². The molecule has 1 aliphatic heterocycles. The average molecular weight is 443 g/mol. The van der Waals surface area contributed by atoms with Gasteiger partial charge in [0.15, 0.2) is 0 Å². The molecule has 7 nitrogen and oxygen atoms in total. The molecule has 4 rings (SSSR count). The molecule has 0 aliphatic carbocycles. The number of rotatable bonds is 6. The van der Waals surface area contributed by atoms with Crippen LogP contribution < -0.4 is 10.1 Å². The van der Waals surface area contributed by atoms with E-state index in [4.69, 9.17) is 4.74 Å². The Morgan fingerprint density at radius 1 is 1.19 bits per heavy atom. The zero-order valence-corrected chi connectivity index (χ0v) is 18.1. The van der Waals surface area contributed by atoms with Crippen molar-refractivity contribution < 1.29 is 17.5 Å². The Hall–Kier alpha value is -3.04. The summed E-state index contributed by atoms with van der Waals surface area (Å²) in [7, 11) is -2.60. The molecule has 0 amide bonds. The van der Waals surface area contributed by atoms with Crippen molar-refractivity contribution in [3.8, 4) is 5.75 Å². The van der Waals surface area contributed by atoms with Crippen LogP contribution in [0.2, 0.25) is 0 Å². The Morgan fingerprint density at radius 2 is 2.03 bits per heavy atom. The topological polar surface area (TPSA) is 84.4 Å². The predicted molar refractivity (Wildman–Crippen MR) is 115 cm³/mol. The minimum absolute atomic E-state index is 0.116. The van der Waals surface area contributed by atoms with E-state index in [1.807, 2.05) is 31.2 Å². The number of aromatic nitrogens is 2. The molecule has 3 aromatic rings. The van der Waals surface area contributed by atoms with Gasteiger partial charge < -0.3 is 10.1 Å². The molecule has 2 aromatic heterocycles. The van der Waals surface area contributed by atoms with Crippen LogP contribution in [-0.2, 0) is 10.0 Å². The van der Waals surface area contributed by atoms with Crippen molar-refractivity contribution in [2.75, 3.05) is 19.0 Å². The fraction of sp³-hybridized carbons (Fsp3) is 0.273. The fourth-order valence-corrected chi connectivity index (χ4v) is 5.57. The molecular formula is C22H23FN4O3S. The van der Waals surface area contributed by atoms with Crippen LogP contribution in [0.4, 0.5) is 15.9 Å². The van der Waals surface area contributed by atoms with Gasteiger partial charge in [-0.15, -0.1) is 0 Å². The average Bonchev–Trinajstić information content (AvgIpc) is 3.27. The van der Waals surface area contributed by atoms with E-state index in [0.29, 0.717) is 25.1 Å². The van der Waals surface area contributed by atoms with Gasteiger partial charge in [-0.25, -0.2) is 17.8 Å². The molecule has 1 aromatic carbocycles. The third-order valence-electron chi connectivity index (χ3n) is 5.32. The molecular weight excluding hydrogens is 419 g/mol. The number of halogens is 1. The van der Waals surface area contributed by atoms with Gasteiger partial charge in [0.2, 0.25) is 10.0 Å². The normalized spacial score (nSPS) is 16.9. The van der Waals surface area contributed by atoms with Crippen LogP contribution in [-0.4, -0.2) is 36.3 Å². The lowest BCUT2D eigenvalue weighted by Crippen LogP contribution is -2.31. The van der Waals surface area contributed by atoms with Gasteiger partial charge >= 0.3 is 0 Å². The molecule has 162 valence electrons. The summed E-state index contributed by atoms with van der Waals surface area (Å²) in [5.41, 5.74) is 2.40. The van der Waals surface area contributed by atoms with Crippen molar-refractivity contribution in [3.63, 3.8) is 0 Å². The number of sulfonamides is 1. The maximum Gasteiger partial charge on any atom is 0.247 e. The van der Waals surface area contributed by atoms with E-state index < -0.39 is 21.9 Å². The highest BCUT2D eigenvalue weighted by Crippen LogP contribution is 2.38. The highest BCUT2D eigenvalue weighted by molar-refractivity contribution is 7.89. The lowest BCUT2D eigenvalue weighted by atomic mass is 10.1. The van der Waals surface area contributed by atoms with Crippen LogP contribution in [0.5, 0.6) is 5.75 Å². The summed E-state index contributed by atoms with van der Waals surface area (Å²) in [6.07, 6.45) is 4.70. The van der Waals surface area contributed by atoms with Crippen molar-refractivity contribution in [3.05, 3.63) is 71.9 Å². The third kappa shape index (κ3) is 4.24. The van der Waals surface area contributed by atoms with E-state index in [1.54, 1.807) is 12.4 Å². The van der Waals surface area contributed by atoms with Gasteiger partial charge in [0.05, 0.1) is 30.7 Å². The summed E-state index contributed by atoms with van der Waals surface area (Å²) in [5, 5.41) is 3.21. The molecule has 1 saturated heterocycles. The van der Waals surface area contributed by atoms with Crippen molar-refractivity contribution in [1.29, 1.82) is 0 Å². The second-order valence-electron chi connectivity index (χ2n) is 7.33. The minimum Gasteiger partial charge on any atom is -0.495 e. The molecule has 1 N–H and O–H groups in total. The highest BCUT2D eigenvalue weighted by Gasteiger charge is 2.38. The third-order valence-corrected chi connectivity index (χ3v) is 7.25. The second kappa shape index (κ2) is 8.60. The van der Waals surface area contributed by atoms with Crippen LogP contribution in [0.3, 0.4) is 0 Å². The molecule has 1 atom stereocenters. The van der Waals surface area contributed by atoms with E-state index in [9.17, 15) is 12.8 Å². The molecule has 1 aliphatic rings. The number of anilines is 2. The first-order valence-electron chi connectivity index (χ1n) is 9.90. The standard InChI is InChI=1S/C22H23FN4O3S/c1-15-5-3-11-24-22(15)26-17-8-9-18(25-14-17)19-6-4-12-27(19)31(28,29)21-13-16(23)7-10-20(21)30-2/h3,5,7-11,13-14,19H,4,6,12H2,1-2H3,(H,24,26). The Morgan fingerprint density at radius 3 is 2.74 bits per heavy atom. The van der Waals surface area contributed by atoms with Crippen LogP contribution >= 0.6 is 0 Å². The van der Waals surface area contributed by atoms with Gasteiger partial charge in [0.1, 0.15) is 22.3 Å². The summed E-state index contributed by atoms with van der Waals surface area (Å²) >= 11 is 0. The van der Waals surface area contributed by atoms with E-state index >= 15 is 0 Å². The van der Waals surface area contributed by atoms with Crippen LogP contribution in [0, 0.1) is 12.7 Å². The summed E-state index contributed by atoms with van der Waals surface area (Å²) in [6.45, 7) is 2.29. The number of nitrogens with one attached hydrogen (secondary N) is 1. The fourth-order valence-electron chi connectivity index (χ4n) is 3.73. The van der Waals surface area contributed by atoms with Crippen molar-refractivity contribution >= 4 is 21.5 Å². The van der Waals surface area contributed by atoms with Gasteiger partial charge in [-0.3, -0.25) is 4.98 Å². The number of hydrogen-bond acceptors (Lipinski definition) is 6. The van der Waals surface area contributed by atoms with Gasteiger partial charge in [-0.2, -0.15) is 4.31 Å². The summed E-state index contributed by atoms with van der Waals surface area (Å²) in [5.74, 6) is 0.221. The Kier molecular flexibility index (Phi) is 5.88. The minimum atomic E-state index is -3.96. The first-order valence-corrected chi connectivity index (χ1v) is 11.3. The smallest absolute Gasteiger partial charge is 0.247 e. The highest BCUT2D eigenvalue weighted by atomic mass is 32.2. The predicted octanol–water partition coefficient (Wildman–Crippen LogP) is 4.20. The summed E-state index contributed by atoms with van der Waals surface area (Å²) in [4.78, 5) is 8.63. The maximum atomic E-state index is 13.8. The van der Waals surface area contributed by atoms with E-state index in [0.717, 1.165) is 23.1 Å². The molecule has 0 radical (unpaired) electrons. The molecule has 1 fully saturated rings. The lowest BCUT2D eigenvalue weighted by Gasteiger charge is -2.24. The summed E-state index contributed by atoms with van der Waals surface area (Å²) < 4.78 is 47.0. The lowest BCUT2D eigenvalue weighted by molar-refractivity contribution is 0.376. The molecule has 0 bridgehead atoms. The first-order chi connectivity index (χ1) is 14.9. The number of ether oxygens (including phenoxy) is 1. The van der Waals surface area contributed by atoms with Crippen molar-refractivity contribution in [2.45, 2.75) is 30.7 Å². The van der Waals surface area contributed by atoms with Crippen LogP contribution in [0.1, 0.15) is 30.1 Å². The quantitative estimate of drug-likeness (QED) is 0.616. The molecule has 9 heteroatoms. The largest absolute Gasteiger partial charge is 0.495 e. The van der Waals surface area contributed by atoms with Crippen LogP contribution in [0.25, 0.3) is 0 Å². The maximum absolute atomic E-state index is 13.8. The molecule has 0 saturated carbocycles. The first kappa shape index (κ1) is 21.2. The second-order valence-corrected chi connectivity index (χ2v) is 9.19. The SMILES string of the molecule is COc1ccc(F)cc1S(=O)(=O)N1CCCC1c1ccc(Nc2ncccc2C)cn1. The number of aryl methyl sites for hydroxylation is 1. The molecule has 3 heterocycles. The molecule has 1 unspecified atom stereocenters. The van der Waals surface area contributed by atoms with Gasteiger partial charge in [-0.1, -0.05) is 6.07 Å². The number of methoxy groups -OCH3 is 1. The Bertz CT molecular complexity index is 1190. The number of benzene rings is 1. The zero-order chi connectivity index (χ0) is 22.0. The number of pyridine rings is 2. The number of hydrogen-bond donors (Lipinski definition) is 1. The van der Waals surface area contributed by atoms with E-state index in [2.05, 4.69) is 15.3 Å². The summed E-state index contributed by atoms with van der Waals surface area (Å²) in [6, 6.07) is 10.6. The van der Waals surface area contributed by atoms with Crippen molar-refractivity contribution in [2.24, 2.45) is 0 Å². The zero-order valence-electron chi connectivity index (χ0n) is 17.2. The van der Waals surface area contributed by atoms with E-state index in [1.165, 1.54) is 23.5 Å². The van der Waals surface area contributed by atoms with Gasteiger partial charge in [0, 0.05) is 12.7 Å². The number of nitrogens with zero attached hydrogens (tertiary/aromatic N) is 3. The Balaban J connectivity index is 1.60. The molecule has 31 heavy (non-hydrogen) atoms. The molecule has 0 spiro atoms. The van der Waals surface area contributed by atoms with Gasteiger partial charge in [-0.05, 0) is 61.7 Å². The Labute approximate surface area is 181 Å². The monoisotopic (exact) mass is 442 g/mol. The van der Waals surface area contributed by atoms with E-state index in [-0.39, 0.29) is 10.6 Å². The van der Waals surface area contributed by atoms with Crippen LogP contribution in [0.15, 0.2) is 59.8 Å². The van der Waals surface area contributed by atoms with Crippen molar-refractivity contribution in [1.82, 2.24) is 14.3 Å².